The molecule has 4 rings (SSSR count). The second kappa shape index (κ2) is 6.10. The molecule has 120 valence electrons. The first-order valence-electron chi connectivity index (χ1n) is 8.33. The molecule has 1 atom stereocenters. The summed E-state index contributed by atoms with van der Waals surface area (Å²) in [5.41, 5.74) is 4.14. The van der Waals surface area contributed by atoms with E-state index in [-0.39, 0.29) is 11.9 Å². The van der Waals surface area contributed by atoms with Crippen LogP contribution in [0.2, 0.25) is 0 Å². The van der Waals surface area contributed by atoms with E-state index < -0.39 is 0 Å². The highest BCUT2D eigenvalue weighted by atomic mass is 32.1. The molecule has 0 saturated carbocycles. The largest absolute Gasteiger partial charge is 0.338 e. The Labute approximate surface area is 141 Å². The summed E-state index contributed by atoms with van der Waals surface area (Å²) in [4.78, 5) is 18.5. The van der Waals surface area contributed by atoms with Crippen LogP contribution in [0.5, 0.6) is 0 Å². The molecule has 2 aliphatic rings. The van der Waals surface area contributed by atoms with Crippen molar-refractivity contribution in [1.82, 2.24) is 9.80 Å². The lowest BCUT2D eigenvalue weighted by Gasteiger charge is -2.31. The van der Waals surface area contributed by atoms with Gasteiger partial charge in [-0.1, -0.05) is 24.3 Å². The number of likely N-dealkylation sites (N-methyl/N-ethyl adjacent to an activating group) is 1. The third-order valence-corrected chi connectivity index (χ3v) is 6.23. The van der Waals surface area contributed by atoms with E-state index in [1.54, 1.807) is 0 Å². The van der Waals surface area contributed by atoms with Crippen LogP contribution < -0.4 is 0 Å². The molecule has 1 aliphatic heterocycles. The van der Waals surface area contributed by atoms with Crippen molar-refractivity contribution in [2.45, 2.75) is 31.8 Å². The number of nitrogens with zero attached hydrogens (tertiary/aromatic N) is 2. The molecule has 0 saturated heterocycles. The normalized spacial score (nSPS) is 20.1. The molecule has 1 aromatic heterocycles. The van der Waals surface area contributed by atoms with Crippen molar-refractivity contribution in [3.63, 3.8) is 0 Å². The van der Waals surface area contributed by atoms with Crippen LogP contribution >= 0.6 is 11.3 Å². The van der Waals surface area contributed by atoms with Crippen LogP contribution in [0.4, 0.5) is 0 Å². The number of hydrogen-bond acceptors (Lipinski definition) is 3. The van der Waals surface area contributed by atoms with Crippen LogP contribution in [-0.2, 0) is 24.2 Å². The van der Waals surface area contributed by atoms with Crippen LogP contribution in [0.1, 0.15) is 34.0 Å². The minimum absolute atomic E-state index is 0.241. The average molecular weight is 326 g/mol. The van der Waals surface area contributed by atoms with Crippen LogP contribution in [-0.4, -0.2) is 35.8 Å². The fraction of sp³-hybridized carbons (Fsp3) is 0.421. The van der Waals surface area contributed by atoms with E-state index in [4.69, 9.17) is 0 Å². The van der Waals surface area contributed by atoms with Gasteiger partial charge >= 0.3 is 0 Å². The fourth-order valence-corrected chi connectivity index (χ4v) is 4.75. The Morgan fingerprint density at radius 2 is 2.13 bits per heavy atom. The zero-order valence-corrected chi connectivity index (χ0v) is 14.3. The maximum absolute atomic E-state index is 12.7. The van der Waals surface area contributed by atoms with Crippen molar-refractivity contribution in [1.29, 1.82) is 0 Å². The van der Waals surface area contributed by atoms with Crippen molar-refractivity contribution in [2.24, 2.45) is 0 Å². The molecular formula is C19H22N2OS. The lowest BCUT2D eigenvalue weighted by Crippen LogP contribution is -2.41. The summed E-state index contributed by atoms with van der Waals surface area (Å²) in [5, 5.41) is 2.16. The van der Waals surface area contributed by atoms with Crippen LogP contribution in [0.25, 0.3) is 0 Å². The van der Waals surface area contributed by atoms with Crippen LogP contribution in [0.3, 0.4) is 0 Å². The van der Waals surface area contributed by atoms with E-state index in [0.29, 0.717) is 6.54 Å². The van der Waals surface area contributed by atoms with Gasteiger partial charge in [-0.2, -0.15) is 0 Å². The Morgan fingerprint density at radius 3 is 3.04 bits per heavy atom. The van der Waals surface area contributed by atoms with Crippen molar-refractivity contribution in [3.05, 3.63) is 57.3 Å². The quantitative estimate of drug-likeness (QED) is 0.864. The maximum atomic E-state index is 12.7. The van der Waals surface area contributed by atoms with E-state index in [1.807, 2.05) is 23.3 Å². The first kappa shape index (κ1) is 14.9. The summed E-state index contributed by atoms with van der Waals surface area (Å²) in [5.74, 6) is 0.241. The predicted octanol–water partition coefficient (Wildman–Crippen LogP) is 3.25. The number of benzene rings is 1. The molecular weight excluding hydrogens is 304 g/mol. The average Bonchev–Trinajstić information content (AvgIpc) is 3.20. The number of rotatable bonds is 3. The predicted molar refractivity (Wildman–Crippen MR) is 93.6 cm³/mol. The molecule has 23 heavy (non-hydrogen) atoms. The topological polar surface area (TPSA) is 23.6 Å². The summed E-state index contributed by atoms with van der Waals surface area (Å²) in [6.45, 7) is 2.44. The lowest BCUT2D eigenvalue weighted by atomic mass is 10.1. The second-order valence-electron chi connectivity index (χ2n) is 6.59. The van der Waals surface area contributed by atoms with Crippen molar-refractivity contribution in [3.8, 4) is 0 Å². The molecule has 1 aromatic carbocycles. The van der Waals surface area contributed by atoms with E-state index >= 15 is 0 Å². The van der Waals surface area contributed by atoms with Gasteiger partial charge in [-0.25, -0.2) is 0 Å². The van der Waals surface area contributed by atoms with Gasteiger partial charge in [0.25, 0.3) is 0 Å². The minimum atomic E-state index is 0.241. The van der Waals surface area contributed by atoms with Crippen molar-refractivity contribution >= 4 is 17.2 Å². The molecule has 3 nitrogen and oxygen atoms in total. The van der Waals surface area contributed by atoms with E-state index in [2.05, 4.69) is 40.6 Å². The third kappa shape index (κ3) is 2.81. The number of thiophene rings is 1. The highest BCUT2D eigenvalue weighted by Gasteiger charge is 2.29. The standard InChI is InChI=1S/C19H22N2OS/c1-20(17-7-6-14-4-2-3-5-16(14)17)19(22)13-21-10-8-18-15(12-21)9-11-23-18/h2-5,9,11,17H,6-8,10,12-13H2,1H3/t17-/m0/s1. The summed E-state index contributed by atoms with van der Waals surface area (Å²) < 4.78 is 0. The van der Waals surface area contributed by atoms with Gasteiger partial charge in [0.2, 0.25) is 5.91 Å². The second-order valence-corrected chi connectivity index (χ2v) is 7.59. The van der Waals surface area contributed by atoms with Crippen molar-refractivity contribution in [2.75, 3.05) is 20.1 Å². The third-order valence-electron chi connectivity index (χ3n) is 5.21. The van der Waals surface area contributed by atoms with Gasteiger partial charge in [0.1, 0.15) is 0 Å². The highest BCUT2D eigenvalue weighted by molar-refractivity contribution is 7.10. The highest BCUT2D eigenvalue weighted by Crippen LogP contribution is 2.35. The molecule has 0 spiro atoms. The van der Waals surface area contributed by atoms with Gasteiger partial charge in [0, 0.05) is 25.0 Å². The van der Waals surface area contributed by atoms with Gasteiger partial charge in [0.15, 0.2) is 0 Å². The van der Waals surface area contributed by atoms with E-state index in [9.17, 15) is 4.79 Å². The molecule has 1 aliphatic carbocycles. The van der Waals surface area contributed by atoms with Gasteiger partial charge in [-0.05, 0) is 47.4 Å². The number of aryl methyl sites for hydroxylation is 1. The van der Waals surface area contributed by atoms with Gasteiger partial charge in [0.05, 0.1) is 12.6 Å². The number of hydrogen-bond donors (Lipinski definition) is 0. The Kier molecular flexibility index (Phi) is 3.95. The summed E-state index contributed by atoms with van der Waals surface area (Å²) >= 11 is 1.84. The monoisotopic (exact) mass is 326 g/mol. The summed E-state index contributed by atoms with van der Waals surface area (Å²) in [6.07, 6.45) is 3.22. The Bertz CT molecular complexity index is 724. The maximum Gasteiger partial charge on any atom is 0.237 e. The Balaban J connectivity index is 1.42. The smallest absolute Gasteiger partial charge is 0.237 e. The molecule has 0 fully saturated rings. The van der Waals surface area contributed by atoms with Crippen LogP contribution in [0.15, 0.2) is 35.7 Å². The molecule has 1 amide bonds. The molecule has 0 bridgehead atoms. The van der Waals surface area contributed by atoms with Gasteiger partial charge in [-0.15, -0.1) is 11.3 Å². The number of fused-ring (bicyclic) bond motifs is 2. The summed E-state index contributed by atoms with van der Waals surface area (Å²) in [6, 6.07) is 11.0. The Morgan fingerprint density at radius 1 is 1.26 bits per heavy atom. The summed E-state index contributed by atoms with van der Waals surface area (Å²) in [7, 11) is 1.97. The van der Waals surface area contributed by atoms with Crippen LogP contribution in [0, 0.1) is 0 Å². The molecule has 2 heterocycles. The first-order valence-corrected chi connectivity index (χ1v) is 9.21. The fourth-order valence-electron chi connectivity index (χ4n) is 3.86. The zero-order valence-electron chi connectivity index (χ0n) is 13.5. The zero-order chi connectivity index (χ0) is 15.8. The van der Waals surface area contributed by atoms with Gasteiger partial charge < -0.3 is 4.90 Å². The van der Waals surface area contributed by atoms with E-state index in [1.165, 1.54) is 21.6 Å². The first-order chi connectivity index (χ1) is 11.2. The van der Waals surface area contributed by atoms with Gasteiger partial charge in [-0.3, -0.25) is 9.69 Å². The molecule has 0 unspecified atom stereocenters. The van der Waals surface area contributed by atoms with Crippen molar-refractivity contribution < 1.29 is 4.79 Å². The molecule has 2 aromatic rings. The lowest BCUT2D eigenvalue weighted by molar-refractivity contribution is -0.133. The molecule has 0 N–H and O–H groups in total. The Hall–Kier alpha value is -1.65. The molecule has 0 radical (unpaired) electrons. The number of carbonyl (C=O) groups is 1. The number of amides is 1. The SMILES string of the molecule is CN(C(=O)CN1CCc2sccc2C1)[C@H]1CCc2ccccc21. The number of carbonyl (C=O) groups excluding carboxylic acids is 1. The minimum Gasteiger partial charge on any atom is -0.338 e. The van der Waals surface area contributed by atoms with E-state index in [0.717, 1.165) is 32.4 Å². The molecule has 4 heteroatoms.